The number of amides is 2. The van der Waals surface area contributed by atoms with E-state index in [1.165, 1.54) is 17.8 Å². The summed E-state index contributed by atoms with van der Waals surface area (Å²) in [5.41, 5.74) is 3.02. The highest BCUT2D eigenvalue weighted by molar-refractivity contribution is 7.92. The van der Waals surface area contributed by atoms with Crippen LogP contribution in [-0.2, 0) is 35.5 Å². The summed E-state index contributed by atoms with van der Waals surface area (Å²) in [6.07, 6.45) is 3.62. The molecule has 5 rings (SSSR count). The summed E-state index contributed by atoms with van der Waals surface area (Å²) in [7, 11) is -0.621. The number of carbonyl (C=O) groups excluding carboxylic acids is 2. The largest absolute Gasteiger partial charge is 0.331 e. The molecule has 12 heteroatoms. The monoisotopic (exact) mass is 511 g/mol. The van der Waals surface area contributed by atoms with Crippen LogP contribution in [0.4, 0.5) is 11.5 Å². The van der Waals surface area contributed by atoms with Crippen molar-refractivity contribution >= 4 is 33.3 Å². The SMILES string of the molecule is CC(=O)Nc1cc(-c2cc3c(c(NS(=O)(=O)c4cn(C)nc4C)c2)C(=O)N([C@@H](C)C2CC2)C3)n(C)n1. The van der Waals surface area contributed by atoms with Crippen LogP contribution in [-0.4, -0.2) is 50.7 Å². The second kappa shape index (κ2) is 8.47. The van der Waals surface area contributed by atoms with E-state index in [2.05, 4.69) is 20.2 Å². The molecule has 0 saturated heterocycles. The lowest BCUT2D eigenvalue weighted by molar-refractivity contribution is -0.114. The number of aryl methyl sites for hydroxylation is 3. The molecule has 0 bridgehead atoms. The fourth-order valence-corrected chi connectivity index (χ4v) is 6.17. The Hall–Kier alpha value is -3.67. The summed E-state index contributed by atoms with van der Waals surface area (Å²) >= 11 is 0. The lowest BCUT2D eigenvalue weighted by Crippen LogP contribution is -2.34. The van der Waals surface area contributed by atoms with Gasteiger partial charge in [-0.25, -0.2) is 8.42 Å². The topological polar surface area (TPSA) is 131 Å². The molecule has 1 saturated carbocycles. The van der Waals surface area contributed by atoms with Gasteiger partial charge < -0.3 is 10.2 Å². The fourth-order valence-electron chi connectivity index (χ4n) is 4.89. The lowest BCUT2D eigenvalue weighted by atomic mass is 10.0. The lowest BCUT2D eigenvalue weighted by Gasteiger charge is -2.24. The highest BCUT2D eigenvalue weighted by Crippen LogP contribution is 2.41. The van der Waals surface area contributed by atoms with Crippen LogP contribution in [0, 0.1) is 12.8 Å². The first-order chi connectivity index (χ1) is 16.9. The van der Waals surface area contributed by atoms with Gasteiger partial charge in [-0.3, -0.25) is 23.7 Å². The molecule has 2 amide bonds. The van der Waals surface area contributed by atoms with Gasteiger partial charge in [0.1, 0.15) is 4.90 Å². The molecule has 2 N–H and O–H groups in total. The molecule has 1 fully saturated rings. The summed E-state index contributed by atoms with van der Waals surface area (Å²) < 4.78 is 32.4. The van der Waals surface area contributed by atoms with Crippen molar-refractivity contribution < 1.29 is 18.0 Å². The summed E-state index contributed by atoms with van der Waals surface area (Å²) in [5, 5.41) is 11.1. The Bertz CT molecular complexity index is 1500. The first-order valence-corrected chi connectivity index (χ1v) is 13.3. The number of aromatic nitrogens is 4. The molecular weight excluding hydrogens is 482 g/mol. The van der Waals surface area contributed by atoms with E-state index in [9.17, 15) is 18.0 Å². The highest BCUT2D eigenvalue weighted by atomic mass is 32.2. The first-order valence-electron chi connectivity index (χ1n) is 11.8. The maximum Gasteiger partial charge on any atom is 0.265 e. The zero-order chi connectivity index (χ0) is 25.9. The van der Waals surface area contributed by atoms with Crippen LogP contribution in [0.1, 0.15) is 48.3 Å². The van der Waals surface area contributed by atoms with Crippen molar-refractivity contribution in [2.45, 2.75) is 51.1 Å². The average molecular weight is 512 g/mol. The molecule has 1 aliphatic heterocycles. The van der Waals surface area contributed by atoms with E-state index < -0.39 is 10.0 Å². The number of rotatable bonds is 7. The smallest absolute Gasteiger partial charge is 0.265 e. The van der Waals surface area contributed by atoms with Crippen LogP contribution in [0.3, 0.4) is 0 Å². The number of fused-ring (bicyclic) bond motifs is 1. The highest BCUT2D eigenvalue weighted by Gasteiger charge is 2.40. The van der Waals surface area contributed by atoms with Gasteiger partial charge in [0.15, 0.2) is 5.82 Å². The fraction of sp³-hybridized carbons (Fsp3) is 0.417. The predicted molar refractivity (Wildman–Crippen MR) is 134 cm³/mol. The second-order valence-electron chi connectivity index (χ2n) is 9.65. The van der Waals surface area contributed by atoms with Gasteiger partial charge >= 0.3 is 0 Å². The third-order valence-electron chi connectivity index (χ3n) is 6.81. The van der Waals surface area contributed by atoms with Gasteiger partial charge in [0, 0.05) is 51.4 Å². The van der Waals surface area contributed by atoms with Crippen molar-refractivity contribution in [3.8, 4) is 11.3 Å². The van der Waals surface area contributed by atoms with Gasteiger partial charge in [0.05, 0.1) is 22.6 Å². The van der Waals surface area contributed by atoms with E-state index in [4.69, 9.17) is 0 Å². The zero-order valence-electron chi connectivity index (χ0n) is 20.9. The van der Waals surface area contributed by atoms with Crippen LogP contribution in [0.2, 0.25) is 0 Å². The van der Waals surface area contributed by atoms with Gasteiger partial charge in [-0.2, -0.15) is 10.2 Å². The molecule has 11 nitrogen and oxygen atoms in total. The maximum atomic E-state index is 13.5. The van der Waals surface area contributed by atoms with Crippen molar-refractivity contribution in [2.75, 3.05) is 10.0 Å². The van der Waals surface area contributed by atoms with Crippen LogP contribution in [0.5, 0.6) is 0 Å². The summed E-state index contributed by atoms with van der Waals surface area (Å²) in [6.45, 7) is 5.47. The van der Waals surface area contributed by atoms with E-state index in [1.54, 1.807) is 37.8 Å². The third kappa shape index (κ3) is 4.25. The number of nitrogens with zero attached hydrogens (tertiary/aromatic N) is 5. The minimum absolute atomic E-state index is 0.0475. The van der Waals surface area contributed by atoms with Crippen molar-refractivity contribution in [1.82, 2.24) is 24.5 Å². The van der Waals surface area contributed by atoms with Crippen LogP contribution in [0.15, 0.2) is 29.3 Å². The van der Waals surface area contributed by atoms with E-state index in [1.807, 2.05) is 17.9 Å². The summed E-state index contributed by atoms with van der Waals surface area (Å²) in [6, 6.07) is 5.34. The Balaban J connectivity index is 1.61. The normalized spacial score (nSPS) is 16.2. The summed E-state index contributed by atoms with van der Waals surface area (Å²) in [5.74, 6) is 0.427. The van der Waals surface area contributed by atoms with Crippen molar-refractivity contribution in [2.24, 2.45) is 20.0 Å². The molecule has 36 heavy (non-hydrogen) atoms. The molecule has 3 aromatic rings. The van der Waals surface area contributed by atoms with Crippen molar-refractivity contribution in [3.05, 3.63) is 41.2 Å². The Labute approximate surface area is 209 Å². The summed E-state index contributed by atoms with van der Waals surface area (Å²) in [4.78, 5) is 26.9. The Morgan fingerprint density at radius 3 is 2.50 bits per heavy atom. The molecular formula is C24H29N7O4S. The third-order valence-corrected chi connectivity index (χ3v) is 8.28. The van der Waals surface area contributed by atoms with Gasteiger partial charge in [-0.15, -0.1) is 0 Å². The van der Waals surface area contributed by atoms with Crippen molar-refractivity contribution in [1.29, 1.82) is 0 Å². The van der Waals surface area contributed by atoms with Gasteiger partial charge in [0.25, 0.3) is 15.9 Å². The number of hydrogen-bond acceptors (Lipinski definition) is 6. The first kappa shape index (κ1) is 24.0. The molecule has 1 atom stereocenters. The number of anilines is 2. The van der Waals surface area contributed by atoms with E-state index in [0.29, 0.717) is 40.8 Å². The quantitative estimate of drug-likeness (QED) is 0.501. The molecule has 1 aliphatic carbocycles. The zero-order valence-corrected chi connectivity index (χ0v) is 21.7. The van der Waals surface area contributed by atoms with Crippen LogP contribution in [0.25, 0.3) is 11.3 Å². The average Bonchev–Trinajstić information content (AvgIpc) is 3.37. The molecule has 2 aliphatic rings. The molecule has 3 heterocycles. The van der Waals surface area contributed by atoms with E-state index >= 15 is 0 Å². The van der Waals surface area contributed by atoms with Gasteiger partial charge in [-0.05, 0) is 50.3 Å². The molecule has 190 valence electrons. The predicted octanol–water partition coefficient (Wildman–Crippen LogP) is 2.64. The number of benzene rings is 1. The number of carbonyl (C=O) groups is 2. The Morgan fingerprint density at radius 1 is 1.17 bits per heavy atom. The minimum Gasteiger partial charge on any atom is -0.331 e. The molecule has 0 spiro atoms. The molecule has 0 unspecified atom stereocenters. The van der Waals surface area contributed by atoms with E-state index in [0.717, 1.165) is 18.4 Å². The Kier molecular flexibility index (Phi) is 5.66. The van der Waals surface area contributed by atoms with Crippen LogP contribution >= 0.6 is 0 Å². The van der Waals surface area contributed by atoms with E-state index in [-0.39, 0.29) is 28.4 Å². The molecule has 0 radical (unpaired) electrons. The van der Waals surface area contributed by atoms with Crippen LogP contribution < -0.4 is 10.0 Å². The Morgan fingerprint density at radius 2 is 1.89 bits per heavy atom. The number of hydrogen-bond donors (Lipinski definition) is 2. The minimum atomic E-state index is -4.01. The molecule has 2 aromatic heterocycles. The van der Waals surface area contributed by atoms with Gasteiger partial charge in [0.2, 0.25) is 5.91 Å². The van der Waals surface area contributed by atoms with Gasteiger partial charge in [-0.1, -0.05) is 0 Å². The molecule has 1 aromatic carbocycles. The standard InChI is InChI=1S/C24H29N7O4S/c1-13-21(12-29(4)26-13)36(34,35)28-19-9-17(20-10-22(25-15(3)32)27-30(20)5)8-18-11-31(24(33)23(18)19)14(2)16-6-7-16/h8-10,12,14,16,28H,6-7,11H2,1-5H3,(H,25,27,32)/t14-/m0/s1. The maximum absolute atomic E-state index is 13.5. The number of nitrogens with one attached hydrogen (secondary N) is 2. The second-order valence-corrected chi connectivity index (χ2v) is 11.3. The number of sulfonamides is 1. The van der Waals surface area contributed by atoms with Crippen molar-refractivity contribution in [3.63, 3.8) is 0 Å².